The summed E-state index contributed by atoms with van der Waals surface area (Å²) in [7, 11) is 1.87. The molecule has 7 heteroatoms. The Kier molecular flexibility index (Phi) is 3.90. The smallest absolute Gasteiger partial charge is 0.287 e. The summed E-state index contributed by atoms with van der Waals surface area (Å²) in [6.45, 7) is 4.83. The number of nitrogens with zero attached hydrogens (tertiary/aromatic N) is 4. The maximum atomic E-state index is 11.8. The van der Waals surface area contributed by atoms with Crippen molar-refractivity contribution in [3.05, 3.63) is 39.0 Å². The third-order valence-corrected chi connectivity index (χ3v) is 3.23. The predicted molar refractivity (Wildman–Crippen MR) is 74.5 cm³/mol. The van der Waals surface area contributed by atoms with Crippen molar-refractivity contribution in [3.8, 4) is 0 Å². The van der Waals surface area contributed by atoms with Gasteiger partial charge in [0.1, 0.15) is 5.02 Å². The lowest BCUT2D eigenvalue weighted by Crippen LogP contribution is -2.23. The first kappa shape index (κ1) is 13.6. The van der Waals surface area contributed by atoms with Crippen LogP contribution in [0.15, 0.2) is 17.2 Å². The lowest BCUT2D eigenvalue weighted by Gasteiger charge is -2.08. The van der Waals surface area contributed by atoms with Gasteiger partial charge in [-0.3, -0.25) is 9.48 Å². The highest BCUT2D eigenvalue weighted by molar-refractivity contribution is 6.32. The van der Waals surface area contributed by atoms with Crippen LogP contribution in [0.5, 0.6) is 0 Å². The Morgan fingerprint density at radius 1 is 1.47 bits per heavy atom. The average Bonchev–Trinajstić information content (AvgIpc) is 2.70. The van der Waals surface area contributed by atoms with Gasteiger partial charge in [0.15, 0.2) is 0 Å². The number of aromatic nitrogens is 4. The van der Waals surface area contributed by atoms with Gasteiger partial charge in [-0.2, -0.15) is 10.2 Å². The third kappa shape index (κ3) is 2.78. The first-order chi connectivity index (χ1) is 9.02. The second-order valence-electron chi connectivity index (χ2n) is 4.26. The van der Waals surface area contributed by atoms with Crippen molar-refractivity contribution in [2.24, 2.45) is 7.05 Å². The van der Waals surface area contributed by atoms with Crippen molar-refractivity contribution in [2.75, 3.05) is 5.32 Å². The van der Waals surface area contributed by atoms with Gasteiger partial charge in [-0.15, -0.1) is 0 Å². The fourth-order valence-electron chi connectivity index (χ4n) is 1.83. The molecule has 0 spiro atoms. The molecule has 2 rings (SSSR count). The predicted octanol–water partition coefficient (Wildman–Crippen LogP) is 1.57. The molecule has 0 saturated carbocycles. The van der Waals surface area contributed by atoms with Crippen molar-refractivity contribution in [1.82, 2.24) is 19.6 Å². The zero-order chi connectivity index (χ0) is 14.0. The standard InChI is InChI=1S/C12H16ClN5O/c1-4-18-12(19)11(13)10(6-15-18)14-5-9-7-17(3)16-8(9)2/h6-7,14H,4-5H2,1-3H3. The molecule has 0 radical (unpaired) electrons. The zero-order valence-corrected chi connectivity index (χ0v) is 11.9. The highest BCUT2D eigenvalue weighted by Gasteiger charge is 2.09. The van der Waals surface area contributed by atoms with Crippen LogP contribution in [0, 0.1) is 6.92 Å². The van der Waals surface area contributed by atoms with Crippen molar-refractivity contribution < 1.29 is 0 Å². The summed E-state index contributed by atoms with van der Waals surface area (Å²) >= 11 is 6.03. The van der Waals surface area contributed by atoms with Crippen LogP contribution in [0.3, 0.4) is 0 Å². The number of hydrogen-bond donors (Lipinski definition) is 1. The molecule has 1 N–H and O–H groups in total. The van der Waals surface area contributed by atoms with Crippen molar-refractivity contribution >= 4 is 17.3 Å². The number of anilines is 1. The molecule has 2 aromatic heterocycles. The summed E-state index contributed by atoms with van der Waals surface area (Å²) in [5, 5.41) is 11.6. The monoisotopic (exact) mass is 281 g/mol. The van der Waals surface area contributed by atoms with Crippen molar-refractivity contribution in [2.45, 2.75) is 26.9 Å². The molecular weight excluding hydrogens is 266 g/mol. The Bertz CT molecular complexity index is 646. The van der Waals surface area contributed by atoms with Gasteiger partial charge < -0.3 is 5.32 Å². The second kappa shape index (κ2) is 5.44. The van der Waals surface area contributed by atoms with Gasteiger partial charge in [-0.05, 0) is 13.8 Å². The quantitative estimate of drug-likeness (QED) is 0.924. The second-order valence-corrected chi connectivity index (χ2v) is 4.64. The first-order valence-electron chi connectivity index (χ1n) is 6.01. The summed E-state index contributed by atoms with van der Waals surface area (Å²) in [5.74, 6) is 0. The minimum atomic E-state index is -0.280. The van der Waals surface area contributed by atoms with E-state index in [1.54, 1.807) is 10.9 Å². The van der Waals surface area contributed by atoms with Crippen LogP contribution in [-0.2, 0) is 20.1 Å². The van der Waals surface area contributed by atoms with Crippen LogP contribution in [0.1, 0.15) is 18.2 Å². The summed E-state index contributed by atoms with van der Waals surface area (Å²) in [6.07, 6.45) is 3.50. The molecule has 0 saturated heterocycles. The largest absolute Gasteiger partial charge is 0.378 e. The van der Waals surface area contributed by atoms with Crippen LogP contribution in [0.4, 0.5) is 5.69 Å². The molecule has 0 unspecified atom stereocenters. The summed E-state index contributed by atoms with van der Waals surface area (Å²) in [4.78, 5) is 11.8. The van der Waals surface area contributed by atoms with Crippen molar-refractivity contribution in [3.63, 3.8) is 0 Å². The maximum Gasteiger partial charge on any atom is 0.287 e. The lowest BCUT2D eigenvalue weighted by atomic mass is 10.2. The Labute approximate surface area is 116 Å². The highest BCUT2D eigenvalue weighted by Crippen LogP contribution is 2.17. The molecule has 19 heavy (non-hydrogen) atoms. The summed E-state index contributed by atoms with van der Waals surface area (Å²) in [5.41, 5.74) is 2.26. The van der Waals surface area contributed by atoms with E-state index < -0.39 is 0 Å². The SMILES string of the molecule is CCn1ncc(NCc2cn(C)nc2C)c(Cl)c1=O. The van der Waals surface area contributed by atoms with E-state index in [0.29, 0.717) is 18.8 Å². The van der Waals surface area contributed by atoms with Gasteiger partial charge in [-0.1, -0.05) is 11.6 Å². The Hall–Kier alpha value is -1.82. The van der Waals surface area contributed by atoms with Gasteiger partial charge in [0.25, 0.3) is 5.56 Å². The average molecular weight is 282 g/mol. The van der Waals surface area contributed by atoms with Gasteiger partial charge >= 0.3 is 0 Å². The number of hydrogen-bond acceptors (Lipinski definition) is 4. The van der Waals surface area contributed by atoms with E-state index in [1.165, 1.54) is 4.68 Å². The fourth-order valence-corrected chi connectivity index (χ4v) is 2.04. The molecule has 0 amide bonds. The molecule has 0 aromatic carbocycles. The van der Waals surface area contributed by atoms with Gasteiger partial charge in [-0.25, -0.2) is 4.68 Å². The van der Waals surface area contributed by atoms with E-state index in [4.69, 9.17) is 11.6 Å². The van der Waals surface area contributed by atoms with E-state index in [-0.39, 0.29) is 10.6 Å². The normalized spacial score (nSPS) is 10.7. The molecule has 0 aliphatic heterocycles. The van der Waals surface area contributed by atoms with Crippen LogP contribution < -0.4 is 10.9 Å². The minimum absolute atomic E-state index is 0.165. The van der Waals surface area contributed by atoms with Gasteiger partial charge in [0.05, 0.1) is 17.6 Å². The molecule has 0 atom stereocenters. The highest BCUT2D eigenvalue weighted by atomic mass is 35.5. The van der Waals surface area contributed by atoms with Gasteiger partial charge in [0.2, 0.25) is 0 Å². The Morgan fingerprint density at radius 2 is 2.21 bits per heavy atom. The summed E-state index contributed by atoms with van der Waals surface area (Å²) < 4.78 is 3.07. The molecule has 6 nitrogen and oxygen atoms in total. The molecule has 2 heterocycles. The van der Waals surface area contributed by atoms with Crippen LogP contribution in [-0.4, -0.2) is 19.6 Å². The van der Waals surface area contributed by atoms with Crippen LogP contribution >= 0.6 is 11.6 Å². The van der Waals surface area contributed by atoms with E-state index >= 15 is 0 Å². The van der Waals surface area contributed by atoms with Crippen LogP contribution in [0.25, 0.3) is 0 Å². The molecule has 102 valence electrons. The Morgan fingerprint density at radius 3 is 2.79 bits per heavy atom. The fraction of sp³-hybridized carbons (Fsp3) is 0.417. The Balaban J connectivity index is 2.19. The number of halogens is 1. The summed E-state index contributed by atoms with van der Waals surface area (Å²) in [6, 6.07) is 0. The molecular formula is C12H16ClN5O. The number of nitrogens with one attached hydrogen (secondary N) is 1. The maximum absolute atomic E-state index is 11.8. The van der Waals surface area contributed by atoms with E-state index in [0.717, 1.165) is 11.3 Å². The molecule has 2 aromatic rings. The number of aryl methyl sites for hydroxylation is 3. The first-order valence-corrected chi connectivity index (χ1v) is 6.39. The van der Waals surface area contributed by atoms with Crippen molar-refractivity contribution in [1.29, 1.82) is 0 Å². The van der Waals surface area contributed by atoms with E-state index in [9.17, 15) is 4.79 Å². The third-order valence-electron chi connectivity index (χ3n) is 2.87. The zero-order valence-electron chi connectivity index (χ0n) is 11.1. The van der Waals surface area contributed by atoms with E-state index in [2.05, 4.69) is 15.5 Å². The molecule has 0 aliphatic rings. The van der Waals surface area contributed by atoms with Gasteiger partial charge in [0, 0.05) is 31.9 Å². The number of rotatable bonds is 4. The molecule has 0 aliphatic carbocycles. The molecule has 0 bridgehead atoms. The lowest BCUT2D eigenvalue weighted by molar-refractivity contribution is 0.616. The topological polar surface area (TPSA) is 64.7 Å². The molecule has 0 fully saturated rings. The van der Waals surface area contributed by atoms with E-state index in [1.807, 2.05) is 27.1 Å². The van der Waals surface area contributed by atoms with Crippen LogP contribution in [0.2, 0.25) is 5.02 Å². The minimum Gasteiger partial charge on any atom is -0.378 e.